The number of carbonyl (C=O) groups is 1. The quantitative estimate of drug-likeness (QED) is 0.814. The monoisotopic (exact) mass is 263 g/mol. The van der Waals surface area contributed by atoms with Crippen molar-refractivity contribution >= 4 is 17.2 Å². The summed E-state index contributed by atoms with van der Waals surface area (Å²) in [5.41, 5.74) is 2.33. The molecular weight excluding hydrogens is 246 g/mol. The number of carbonyl (C=O) groups excluding carboxylic acids is 1. The van der Waals surface area contributed by atoms with E-state index < -0.39 is 0 Å². The predicted octanol–water partition coefficient (Wildman–Crippen LogP) is 2.45. The highest BCUT2D eigenvalue weighted by molar-refractivity contribution is 7.13. The van der Waals surface area contributed by atoms with Gasteiger partial charge >= 0.3 is 0 Å². The Morgan fingerprint density at radius 3 is 2.89 bits per heavy atom. The zero-order valence-electron chi connectivity index (χ0n) is 10.6. The predicted molar refractivity (Wildman–Crippen MR) is 73.0 cm³/mol. The summed E-state index contributed by atoms with van der Waals surface area (Å²) in [4.78, 5) is 13.7. The van der Waals surface area contributed by atoms with Crippen molar-refractivity contribution in [2.45, 2.75) is 26.7 Å². The van der Waals surface area contributed by atoms with E-state index in [1.807, 2.05) is 32.2 Å². The van der Waals surface area contributed by atoms with Crippen LogP contribution in [0.2, 0.25) is 0 Å². The first kappa shape index (κ1) is 12.8. The molecule has 2 aromatic rings. The minimum absolute atomic E-state index is 0.0250. The molecule has 0 atom stereocenters. The lowest BCUT2D eigenvalue weighted by molar-refractivity contribution is 0.0957. The fraction of sp³-hybridized carbons (Fsp3) is 0.385. The van der Waals surface area contributed by atoms with Crippen LogP contribution >= 0.6 is 11.3 Å². The van der Waals surface area contributed by atoms with E-state index in [2.05, 4.69) is 15.5 Å². The molecule has 0 saturated heterocycles. The lowest BCUT2D eigenvalue weighted by atomic mass is 10.1. The first-order valence-electron chi connectivity index (χ1n) is 6.00. The van der Waals surface area contributed by atoms with Crippen molar-refractivity contribution in [1.29, 1.82) is 0 Å². The lowest BCUT2D eigenvalue weighted by Gasteiger charge is -2.03. The minimum Gasteiger partial charge on any atom is -0.351 e. The zero-order valence-corrected chi connectivity index (χ0v) is 11.4. The van der Waals surface area contributed by atoms with Crippen molar-refractivity contribution in [3.8, 4) is 0 Å². The Morgan fingerprint density at radius 2 is 2.28 bits per heavy atom. The van der Waals surface area contributed by atoms with Crippen LogP contribution in [0.3, 0.4) is 0 Å². The lowest BCUT2D eigenvalue weighted by Crippen LogP contribution is -2.23. The summed E-state index contributed by atoms with van der Waals surface area (Å²) in [7, 11) is 0. The molecule has 1 amide bonds. The van der Waals surface area contributed by atoms with Crippen molar-refractivity contribution in [3.05, 3.63) is 39.3 Å². The Bertz CT molecular complexity index is 530. The van der Waals surface area contributed by atoms with Crippen molar-refractivity contribution in [2.75, 3.05) is 6.54 Å². The second-order valence-electron chi connectivity index (χ2n) is 4.29. The molecule has 0 radical (unpaired) electrons. The smallest absolute Gasteiger partial charge is 0.261 e. The largest absolute Gasteiger partial charge is 0.351 e. The molecule has 2 rings (SSSR count). The number of hydrogen-bond donors (Lipinski definition) is 2. The molecule has 0 spiro atoms. The van der Waals surface area contributed by atoms with Crippen LogP contribution in [0, 0.1) is 13.8 Å². The van der Waals surface area contributed by atoms with Gasteiger partial charge in [-0.05, 0) is 44.4 Å². The third kappa shape index (κ3) is 3.20. The number of nitrogens with one attached hydrogen (secondary N) is 2. The van der Waals surface area contributed by atoms with E-state index in [1.54, 1.807) is 0 Å². The Kier molecular flexibility index (Phi) is 4.15. The van der Waals surface area contributed by atoms with Gasteiger partial charge in [-0.15, -0.1) is 11.3 Å². The van der Waals surface area contributed by atoms with Gasteiger partial charge < -0.3 is 5.32 Å². The topological polar surface area (TPSA) is 57.8 Å². The number of thiophene rings is 1. The van der Waals surface area contributed by atoms with E-state index in [9.17, 15) is 4.79 Å². The van der Waals surface area contributed by atoms with E-state index in [0.717, 1.165) is 28.3 Å². The molecule has 0 aliphatic carbocycles. The van der Waals surface area contributed by atoms with E-state index in [4.69, 9.17) is 0 Å². The Labute approximate surface area is 110 Å². The highest BCUT2D eigenvalue weighted by atomic mass is 32.1. The number of H-pyrrole nitrogens is 1. The first-order valence-corrected chi connectivity index (χ1v) is 6.82. The highest BCUT2D eigenvalue weighted by Crippen LogP contribution is 2.14. The third-order valence-electron chi connectivity index (χ3n) is 2.81. The SMILES string of the molecule is Cc1ccc(C(=O)NCCCc2cn[nH]c2C)s1. The van der Waals surface area contributed by atoms with Gasteiger partial charge in [-0.3, -0.25) is 9.89 Å². The summed E-state index contributed by atoms with van der Waals surface area (Å²) < 4.78 is 0. The molecule has 0 fully saturated rings. The van der Waals surface area contributed by atoms with Crippen molar-refractivity contribution in [1.82, 2.24) is 15.5 Å². The van der Waals surface area contributed by atoms with Gasteiger partial charge in [-0.2, -0.15) is 5.10 Å². The maximum Gasteiger partial charge on any atom is 0.261 e. The van der Waals surface area contributed by atoms with Gasteiger partial charge in [0, 0.05) is 17.1 Å². The van der Waals surface area contributed by atoms with E-state index >= 15 is 0 Å². The van der Waals surface area contributed by atoms with Gasteiger partial charge in [-0.1, -0.05) is 0 Å². The molecule has 0 aromatic carbocycles. The summed E-state index contributed by atoms with van der Waals surface area (Å²) in [6.07, 6.45) is 3.71. The van der Waals surface area contributed by atoms with E-state index in [-0.39, 0.29) is 5.91 Å². The average Bonchev–Trinajstić information content (AvgIpc) is 2.94. The highest BCUT2D eigenvalue weighted by Gasteiger charge is 2.07. The van der Waals surface area contributed by atoms with Gasteiger partial charge in [0.1, 0.15) is 0 Å². The number of rotatable bonds is 5. The van der Waals surface area contributed by atoms with Crippen LogP contribution in [-0.4, -0.2) is 22.6 Å². The molecule has 0 saturated carbocycles. The summed E-state index contributed by atoms with van der Waals surface area (Å²) in [5.74, 6) is 0.0250. The molecular formula is C13H17N3OS. The second-order valence-corrected chi connectivity index (χ2v) is 5.58. The number of hydrogen-bond acceptors (Lipinski definition) is 3. The van der Waals surface area contributed by atoms with Gasteiger partial charge in [0.25, 0.3) is 5.91 Å². The number of aromatic nitrogens is 2. The molecule has 5 heteroatoms. The van der Waals surface area contributed by atoms with Crippen molar-refractivity contribution < 1.29 is 4.79 Å². The average molecular weight is 263 g/mol. The summed E-state index contributed by atoms with van der Waals surface area (Å²) in [6.45, 7) is 4.71. The van der Waals surface area contributed by atoms with Crippen molar-refractivity contribution in [3.63, 3.8) is 0 Å². The number of aromatic amines is 1. The molecule has 4 nitrogen and oxygen atoms in total. The number of amides is 1. The Hall–Kier alpha value is -1.62. The summed E-state index contributed by atoms with van der Waals surface area (Å²) in [6, 6.07) is 3.84. The van der Waals surface area contributed by atoms with Crippen LogP contribution in [0.25, 0.3) is 0 Å². The molecule has 0 aliphatic rings. The van der Waals surface area contributed by atoms with Gasteiger partial charge in [-0.25, -0.2) is 0 Å². The molecule has 18 heavy (non-hydrogen) atoms. The van der Waals surface area contributed by atoms with Crippen LogP contribution in [0.15, 0.2) is 18.3 Å². The second kappa shape index (κ2) is 5.82. The van der Waals surface area contributed by atoms with Gasteiger partial charge in [0.15, 0.2) is 0 Å². The summed E-state index contributed by atoms with van der Waals surface area (Å²) >= 11 is 1.53. The van der Waals surface area contributed by atoms with Gasteiger partial charge in [0.05, 0.1) is 11.1 Å². The summed E-state index contributed by atoms with van der Waals surface area (Å²) in [5, 5.41) is 9.82. The first-order chi connectivity index (χ1) is 8.66. The van der Waals surface area contributed by atoms with Crippen LogP contribution in [0.1, 0.15) is 32.2 Å². The van der Waals surface area contributed by atoms with E-state index in [1.165, 1.54) is 16.9 Å². The van der Waals surface area contributed by atoms with E-state index in [0.29, 0.717) is 6.54 Å². The Balaban J connectivity index is 1.73. The number of nitrogens with zero attached hydrogens (tertiary/aromatic N) is 1. The normalized spacial score (nSPS) is 10.6. The van der Waals surface area contributed by atoms with Crippen LogP contribution in [-0.2, 0) is 6.42 Å². The van der Waals surface area contributed by atoms with Crippen molar-refractivity contribution in [2.24, 2.45) is 0 Å². The number of aryl methyl sites for hydroxylation is 3. The van der Waals surface area contributed by atoms with Gasteiger partial charge in [0.2, 0.25) is 0 Å². The van der Waals surface area contributed by atoms with Crippen LogP contribution in [0.4, 0.5) is 0 Å². The zero-order chi connectivity index (χ0) is 13.0. The molecule has 0 bridgehead atoms. The Morgan fingerprint density at radius 1 is 1.44 bits per heavy atom. The minimum atomic E-state index is 0.0250. The molecule has 96 valence electrons. The molecule has 0 aliphatic heterocycles. The van der Waals surface area contributed by atoms with Crippen LogP contribution < -0.4 is 5.32 Å². The van der Waals surface area contributed by atoms with Crippen LogP contribution in [0.5, 0.6) is 0 Å². The molecule has 0 unspecified atom stereocenters. The fourth-order valence-corrected chi connectivity index (χ4v) is 2.54. The molecule has 2 heterocycles. The fourth-order valence-electron chi connectivity index (χ4n) is 1.75. The third-order valence-corrected chi connectivity index (χ3v) is 3.81. The maximum absolute atomic E-state index is 11.8. The maximum atomic E-state index is 11.8. The molecule has 2 aromatic heterocycles. The standard InChI is InChI=1S/C13H17N3OS/c1-9-5-6-12(18-9)13(17)14-7-3-4-11-8-15-16-10(11)2/h5-6,8H,3-4,7H2,1-2H3,(H,14,17)(H,15,16). The molecule has 2 N–H and O–H groups in total.